The van der Waals surface area contributed by atoms with Gasteiger partial charge in [0.1, 0.15) is 5.54 Å². The smallest absolute Gasteiger partial charge is 0.477 e. The summed E-state index contributed by atoms with van der Waals surface area (Å²) >= 11 is 2.32. The summed E-state index contributed by atoms with van der Waals surface area (Å²) in [6, 6.07) is 0. The summed E-state index contributed by atoms with van der Waals surface area (Å²) < 4.78 is 5.59. The molecular weight excluding hydrogens is 441 g/mol. The Morgan fingerprint density at radius 1 is 1.24 bits per heavy atom. The fourth-order valence-electron chi connectivity index (χ4n) is 3.84. The van der Waals surface area contributed by atoms with Gasteiger partial charge in [-0.25, -0.2) is 9.59 Å². The fourth-order valence-corrected chi connectivity index (χ4v) is 4.38. The minimum absolute atomic E-state index is 0.140. The predicted octanol–water partition coefficient (Wildman–Crippen LogP) is 3.43. The van der Waals surface area contributed by atoms with Crippen molar-refractivity contribution in [1.82, 2.24) is 0 Å². The SMILES string of the molecule is CC(C)(C)[N+]1(C(=O)O)C(=O)[C@H](OCCCCCCI)CC1(C)C(=O)O. The van der Waals surface area contributed by atoms with Gasteiger partial charge in [-0.05, 0) is 38.0 Å². The van der Waals surface area contributed by atoms with Crippen LogP contribution in [0.3, 0.4) is 0 Å². The van der Waals surface area contributed by atoms with Crippen molar-refractivity contribution in [2.45, 2.75) is 77.0 Å². The Kier molecular flexibility index (Phi) is 7.41. The van der Waals surface area contributed by atoms with Crippen LogP contribution in [-0.2, 0) is 14.3 Å². The lowest BCUT2D eigenvalue weighted by atomic mass is 9.89. The average molecular weight is 470 g/mol. The standard InChI is InChI=1S/C17H28INO6/c1-16(2,3)19(15(23)24)13(20)12(11-17(19,4)14(21)22)25-10-8-6-5-7-9-18/h12H,5-11H2,1-4H3,(H-,21,22,23,24)/p+1/t12-,17?,19?/m1/s1. The Labute approximate surface area is 162 Å². The number of aliphatic carboxylic acids is 1. The van der Waals surface area contributed by atoms with E-state index in [4.69, 9.17) is 4.74 Å². The van der Waals surface area contributed by atoms with E-state index in [0.717, 1.165) is 30.1 Å². The largest absolute Gasteiger partial charge is 0.522 e. The second-order valence-electron chi connectivity index (χ2n) is 7.71. The number of likely N-dealkylation sites (tertiary alicyclic amines) is 1. The van der Waals surface area contributed by atoms with Gasteiger partial charge in [-0.3, -0.25) is 0 Å². The first kappa shape index (κ1) is 22.3. The lowest BCUT2D eigenvalue weighted by Gasteiger charge is -2.45. The summed E-state index contributed by atoms with van der Waals surface area (Å²) in [5.74, 6) is -1.98. The van der Waals surface area contributed by atoms with Crippen molar-refractivity contribution >= 4 is 40.6 Å². The van der Waals surface area contributed by atoms with Crippen molar-refractivity contribution in [1.29, 1.82) is 0 Å². The molecule has 0 saturated carbocycles. The highest BCUT2D eigenvalue weighted by molar-refractivity contribution is 14.1. The molecule has 2 N–H and O–H groups in total. The molecule has 0 radical (unpaired) electrons. The lowest BCUT2D eigenvalue weighted by Crippen LogP contribution is -2.75. The molecular formula is C17H29INO6+. The van der Waals surface area contributed by atoms with Crippen molar-refractivity contribution < 1.29 is 33.8 Å². The summed E-state index contributed by atoms with van der Waals surface area (Å²) in [7, 11) is 0. The number of unbranched alkanes of at least 4 members (excludes halogenated alkanes) is 3. The highest BCUT2D eigenvalue weighted by Gasteiger charge is 2.76. The highest BCUT2D eigenvalue weighted by Crippen LogP contribution is 2.46. The number of quaternary nitrogens is 1. The number of carboxylic acids is 1. The molecule has 1 heterocycles. The molecule has 1 aliphatic heterocycles. The molecule has 0 spiro atoms. The number of hydrogen-bond donors (Lipinski definition) is 2. The van der Waals surface area contributed by atoms with E-state index < -0.39 is 39.6 Å². The van der Waals surface area contributed by atoms with E-state index in [9.17, 15) is 24.6 Å². The third-order valence-electron chi connectivity index (χ3n) is 5.03. The van der Waals surface area contributed by atoms with Gasteiger partial charge in [0, 0.05) is 13.5 Å². The summed E-state index contributed by atoms with van der Waals surface area (Å²) in [5, 5.41) is 19.6. The molecule has 2 unspecified atom stereocenters. The van der Waals surface area contributed by atoms with Crippen LogP contribution in [0.2, 0.25) is 0 Å². The zero-order chi connectivity index (χ0) is 19.5. The predicted molar refractivity (Wildman–Crippen MR) is 101 cm³/mol. The normalized spacial score (nSPS) is 29.8. The quantitative estimate of drug-likeness (QED) is 0.244. The number of halogens is 1. The molecule has 7 nitrogen and oxygen atoms in total. The van der Waals surface area contributed by atoms with Crippen molar-refractivity contribution in [3.63, 3.8) is 0 Å². The van der Waals surface area contributed by atoms with Gasteiger partial charge in [-0.2, -0.15) is 4.79 Å². The van der Waals surface area contributed by atoms with E-state index in [1.165, 1.54) is 6.92 Å². The summed E-state index contributed by atoms with van der Waals surface area (Å²) in [6.45, 7) is 6.39. The number of alkyl halides is 1. The lowest BCUT2D eigenvalue weighted by molar-refractivity contribution is -0.863. The van der Waals surface area contributed by atoms with Crippen molar-refractivity contribution in [2.24, 2.45) is 0 Å². The van der Waals surface area contributed by atoms with Crippen LogP contribution in [-0.4, -0.2) is 60.9 Å². The van der Waals surface area contributed by atoms with Crippen molar-refractivity contribution in [3.8, 4) is 0 Å². The van der Waals surface area contributed by atoms with Crippen LogP contribution in [0.25, 0.3) is 0 Å². The monoisotopic (exact) mass is 470 g/mol. The number of ether oxygens (including phenoxy) is 1. The second kappa shape index (κ2) is 8.30. The first-order chi connectivity index (χ1) is 11.5. The van der Waals surface area contributed by atoms with E-state index in [-0.39, 0.29) is 6.42 Å². The maximum atomic E-state index is 13.0. The molecule has 2 amide bonds. The summed E-state index contributed by atoms with van der Waals surface area (Å²) in [4.78, 5) is 37.1. The number of imide groups is 1. The molecule has 0 aromatic carbocycles. The zero-order valence-corrected chi connectivity index (χ0v) is 17.5. The number of carbonyl (C=O) groups is 3. The highest BCUT2D eigenvalue weighted by atomic mass is 127. The fraction of sp³-hybridized carbons (Fsp3) is 0.824. The van der Waals surface area contributed by atoms with Gasteiger partial charge in [-0.1, -0.05) is 35.4 Å². The van der Waals surface area contributed by atoms with Gasteiger partial charge in [0.05, 0.1) is 6.42 Å². The third kappa shape index (κ3) is 3.85. The summed E-state index contributed by atoms with van der Waals surface area (Å²) in [6.07, 6.45) is 1.35. The molecule has 0 aliphatic carbocycles. The van der Waals surface area contributed by atoms with Crippen LogP contribution < -0.4 is 0 Å². The van der Waals surface area contributed by atoms with E-state index >= 15 is 0 Å². The van der Waals surface area contributed by atoms with Gasteiger partial charge in [0.25, 0.3) is 0 Å². The third-order valence-corrected chi connectivity index (χ3v) is 5.79. The van der Waals surface area contributed by atoms with Gasteiger partial charge >= 0.3 is 18.0 Å². The minimum atomic E-state index is -1.77. The number of hydrogen-bond acceptors (Lipinski definition) is 4. The Morgan fingerprint density at radius 3 is 2.20 bits per heavy atom. The number of carbonyl (C=O) groups excluding carboxylic acids is 1. The molecule has 144 valence electrons. The Bertz CT molecular complexity index is 532. The van der Waals surface area contributed by atoms with Crippen LogP contribution >= 0.6 is 22.6 Å². The molecule has 0 bridgehead atoms. The second-order valence-corrected chi connectivity index (χ2v) is 8.79. The van der Waals surface area contributed by atoms with Crippen LogP contribution in [0, 0.1) is 0 Å². The Morgan fingerprint density at radius 2 is 1.80 bits per heavy atom. The maximum absolute atomic E-state index is 13.0. The van der Waals surface area contributed by atoms with Gasteiger partial charge < -0.3 is 14.9 Å². The van der Waals surface area contributed by atoms with Crippen LogP contribution in [0.5, 0.6) is 0 Å². The van der Waals surface area contributed by atoms with Crippen LogP contribution in [0.15, 0.2) is 0 Å². The van der Waals surface area contributed by atoms with Gasteiger partial charge in [-0.15, -0.1) is 4.48 Å². The minimum Gasteiger partial charge on any atom is -0.477 e. The molecule has 1 rings (SSSR count). The Balaban J connectivity index is 3.03. The summed E-state index contributed by atoms with van der Waals surface area (Å²) in [5.41, 5.74) is -2.89. The van der Waals surface area contributed by atoms with Crippen LogP contribution in [0.1, 0.15) is 59.8 Å². The molecule has 0 aromatic heterocycles. The molecule has 1 saturated heterocycles. The number of carboxylic acid groups (broad SMARTS) is 2. The maximum Gasteiger partial charge on any atom is 0.522 e. The first-order valence-electron chi connectivity index (χ1n) is 8.55. The van der Waals surface area contributed by atoms with E-state index in [0.29, 0.717) is 6.61 Å². The number of rotatable bonds is 8. The molecule has 3 atom stereocenters. The molecule has 0 aromatic rings. The Hall–Kier alpha value is -0.740. The van der Waals surface area contributed by atoms with Gasteiger partial charge in [0.15, 0.2) is 6.10 Å². The van der Waals surface area contributed by atoms with Crippen molar-refractivity contribution in [3.05, 3.63) is 0 Å². The van der Waals surface area contributed by atoms with Gasteiger partial charge in [0.2, 0.25) is 5.54 Å². The molecule has 8 heteroatoms. The van der Waals surface area contributed by atoms with E-state index in [1.807, 2.05) is 0 Å². The number of amides is 2. The first-order valence-corrected chi connectivity index (χ1v) is 10.1. The van der Waals surface area contributed by atoms with E-state index in [2.05, 4.69) is 22.6 Å². The number of nitrogens with zero attached hydrogens (tertiary/aromatic N) is 1. The molecule has 25 heavy (non-hydrogen) atoms. The van der Waals surface area contributed by atoms with Crippen molar-refractivity contribution in [2.75, 3.05) is 11.0 Å². The van der Waals surface area contributed by atoms with E-state index in [1.54, 1.807) is 20.8 Å². The topological polar surface area (TPSA) is 101 Å². The molecule has 1 fully saturated rings. The van der Waals surface area contributed by atoms with Crippen LogP contribution in [0.4, 0.5) is 4.79 Å². The average Bonchev–Trinajstić information content (AvgIpc) is 2.72. The molecule has 1 aliphatic rings. The zero-order valence-electron chi connectivity index (χ0n) is 15.4.